The Morgan fingerprint density at radius 2 is 2.09 bits per heavy atom. The largest absolute Gasteiger partial charge is 0.490 e. The molecule has 1 aromatic carbocycles. The van der Waals surface area contributed by atoms with Gasteiger partial charge in [-0.15, -0.1) is 0 Å². The Labute approximate surface area is 203 Å². The summed E-state index contributed by atoms with van der Waals surface area (Å²) in [5.74, 6) is 0.160. The second-order valence-electron chi connectivity index (χ2n) is 8.70. The van der Waals surface area contributed by atoms with Crippen molar-refractivity contribution in [2.24, 2.45) is 0 Å². The van der Waals surface area contributed by atoms with Gasteiger partial charge in [0.15, 0.2) is 5.69 Å². The van der Waals surface area contributed by atoms with Crippen LogP contribution in [0.2, 0.25) is 0 Å². The predicted octanol–water partition coefficient (Wildman–Crippen LogP) is 1.77. The fourth-order valence-corrected chi connectivity index (χ4v) is 4.35. The topological polar surface area (TPSA) is 132 Å². The van der Waals surface area contributed by atoms with Gasteiger partial charge in [0.1, 0.15) is 24.2 Å². The van der Waals surface area contributed by atoms with Gasteiger partial charge in [0.25, 0.3) is 11.8 Å². The summed E-state index contributed by atoms with van der Waals surface area (Å²) in [7, 11) is 3.32. The van der Waals surface area contributed by atoms with Gasteiger partial charge in [-0.25, -0.2) is 0 Å². The molecule has 2 N–H and O–H groups in total. The number of carbonyl (C=O) groups excluding carboxylic acids is 3. The number of rotatable bonds is 7. The highest BCUT2D eigenvalue weighted by Gasteiger charge is 2.39. The molecule has 1 saturated heterocycles. The van der Waals surface area contributed by atoms with Crippen LogP contribution in [0.3, 0.4) is 0 Å². The van der Waals surface area contributed by atoms with Crippen molar-refractivity contribution in [1.29, 1.82) is 0 Å². The molecule has 0 spiro atoms. The lowest BCUT2D eigenvalue weighted by molar-refractivity contribution is -0.134. The maximum atomic E-state index is 13.3. The van der Waals surface area contributed by atoms with E-state index in [0.29, 0.717) is 48.8 Å². The molecule has 35 heavy (non-hydrogen) atoms. The van der Waals surface area contributed by atoms with Crippen LogP contribution in [0.4, 0.5) is 5.69 Å². The number of carbonyl (C=O) groups is 3. The number of anilines is 1. The Morgan fingerprint density at radius 3 is 2.83 bits per heavy atom. The first-order valence-corrected chi connectivity index (χ1v) is 11.6. The number of methoxy groups -OCH3 is 1. The molecule has 3 heterocycles. The SMILES string of the molecule is COCCNC(=O)C[C@H]1CC[C@H]2[C@H](COc3ccc(NC(=O)c4cc(C)on4)cc3C(=O)N2C)O1. The van der Waals surface area contributed by atoms with E-state index in [1.807, 2.05) is 0 Å². The first-order valence-electron chi connectivity index (χ1n) is 11.6. The highest BCUT2D eigenvalue weighted by molar-refractivity contribution is 6.04. The number of hydrogen-bond donors (Lipinski definition) is 2. The van der Waals surface area contributed by atoms with Crippen LogP contribution in [0, 0.1) is 6.92 Å². The normalized spacial score (nSPS) is 21.7. The molecule has 1 aromatic heterocycles. The minimum absolute atomic E-state index is 0.0950. The van der Waals surface area contributed by atoms with Crippen LogP contribution < -0.4 is 15.4 Å². The van der Waals surface area contributed by atoms with Crippen LogP contribution in [0.15, 0.2) is 28.8 Å². The van der Waals surface area contributed by atoms with Gasteiger partial charge in [0.2, 0.25) is 5.91 Å². The van der Waals surface area contributed by atoms with Gasteiger partial charge >= 0.3 is 0 Å². The highest BCUT2D eigenvalue weighted by atomic mass is 16.5. The van der Waals surface area contributed by atoms with E-state index >= 15 is 0 Å². The van der Waals surface area contributed by atoms with Crippen molar-refractivity contribution in [1.82, 2.24) is 15.4 Å². The van der Waals surface area contributed by atoms with E-state index in [1.165, 1.54) is 6.07 Å². The Morgan fingerprint density at radius 1 is 1.26 bits per heavy atom. The number of aromatic nitrogens is 1. The zero-order chi connectivity index (χ0) is 24.9. The number of fused-ring (bicyclic) bond motifs is 2. The first-order chi connectivity index (χ1) is 16.9. The summed E-state index contributed by atoms with van der Waals surface area (Å²) in [6, 6.07) is 6.24. The van der Waals surface area contributed by atoms with E-state index in [2.05, 4.69) is 15.8 Å². The fraction of sp³-hybridized carbons (Fsp3) is 0.500. The maximum Gasteiger partial charge on any atom is 0.277 e. The third-order valence-corrected chi connectivity index (χ3v) is 6.17. The molecule has 1 fully saturated rings. The molecule has 0 bridgehead atoms. The van der Waals surface area contributed by atoms with E-state index in [1.54, 1.807) is 44.2 Å². The van der Waals surface area contributed by atoms with Gasteiger partial charge < -0.3 is 34.3 Å². The van der Waals surface area contributed by atoms with Gasteiger partial charge in [-0.05, 0) is 38.0 Å². The number of amides is 3. The summed E-state index contributed by atoms with van der Waals surface area (Å²) in [5, 5.41) is 9.25. The summed E-state index contributed by atoms with van der Waals surface area (Å²) in [6.45, 7) is 2.84. The number of aryl methyl sites for hydroxylation is 1. The van der Waals surface area contributed by atoms with E-state index < -0.39 is 5.91 Å². The van der Waals surface area contributed by atoms with Gasteiger partial charge in [-0.1, -0.05) is 5.16 Å². The van der Waals surface area contributed by atoms with Gasteiger partial charge in [-0.2, -0.15) is 0 Å². The minimum Gasteiger partial charge on any atom is -0.490 e. The second kappa shape index (κ2) is 10.9. The second-order valence-corrected chi connectivity index (χ2v) is 8.70. The maximum absolute atomic E-state index is 13.3. The smallest absolute Gasteiger partial charge is 0.277 e. The van der Waals surface area contributed by atoms with E-state index in [4.69, 9.17) is 18.7 Å². The van der Waals surface area contributed by atoms with Crippen LogP contribution in [0.5, 0.6) is 5.75 Å². The molecule has 2 aromatic rings. The minimum atomic E-state index is -0.438. The van der Waals surface area contributed by atoms with Crippen molar-refractivity contribution in [3.63, 3.8) is 0 Å². The zero-order valence-corrected chi connectivity index (χ0v) is 20.0. The third-order valence-electron chi connectivity index (χ3n) is 6.17. The molecular weight excluding hydrogens is 456 g/mol. The molecule has 11 heteroatoms. The van der Waals surface area contributed by atoms with Crippen LogP contribution in [0.25, 0.3) is 0 Å². The Balaban J connectivity index is 1.43. The number of nitrogens with zero attached hydrogens (tertiary/aromatic N) is 2. The molecule has 3 atom stereocenters. The number of likely N-dealkylation sites (N-methyl/N-ethyl adjacent to an activating group) is 1. The van der Waals surface area contributed by atoms with Crippen LogP contribution in [-0.2, 0) is 14.3 Å². The average Bonchev–Trinajstić information content (AvgIpc) is 3.28. The van der Waals surface area contributed by atoms with Crippen molar-refractivity contribution >= 4 is 23.4 Å². The fourth-order valence-electron chi connectivity index (χ4n) is 4.35. The number of hydrogen-bond acceptors (Lipinski definition) is 8. The van der Waals surface area contributed by atoms with Crippen molar-refractivity contribution in [3.05, 3.63) is 41.3 Å². The van der Waals surface area contributed by atoms with E-state index in [-0.39, 0.29) is 48.8 Å². The van der Waals surface area contributed by atoms with Crippen LogP contribution in [0.1, 0.15) is 45.9 Å². The van der Waals surface area contributed by atoms with E-state index in [0.717, 1.165) is 0 Å². The molecule has 0 saturated carbocycles. The number of benzene rings is 1. The van der Waals surface area contributed by atoms with Crippen molar-refractivity contribution in [2.45, 2.75) is 44.4 Å². The summed E-state index contributed by atoms with van der Waals surface area (Å²) in [5.41, 5.74) is 0.939. The predicted molar refractivity (Wildman–Crippen MR) is 124 cm³/mol. The molecule has 0 aliphatic carbocycles. The Kier molecular flexibility index (Phi) is 7.67. The third kappa shape index (κ3) is 5.80. The quantitative estimate of drug-likeness (QED) is 0.566. The first kappa shape index (κ1) is 24.7. The van der Waals surface area contributed by atoms with Crippen molar-refractivity contribution in [3.8, 4) is 5.75 Å². The van der Waals surface area contributed by atoms with Gasteiger partial charge in [-0.3, -0.25) is 14.4 Å². The summed E-state index contributed by atoms with van der Waals surface area (Å²) in [4.78, 5) is 39.6. The molecular formula is C24H30N4O7. The lowest BCUT2D eigenvalue weighted by Crippen LogP contribution is -2.54. The standard InChI is InChI=1S/C24H30N4O7/c1-14-10-18(27-35-14)23(30)26-15-4-7-20-17(11-15)24(31)28(2)19-6-5-16(34-21(19)13-33-20)12-22(29)25-8-9-32-3/h4,7,10-11,16,19,21H,5-6,8-9,12-13H2,1-3H3,(H,25,29)(H,26,30)/t16-,19+,21+/m1/s1. The van der Waals surface area contributed by atoms with E-state index in [9.17, 15) is 14.4 Å². The molecule has 2 aliphatic heterocycles. The molecule has 0 unspecified atom stereocenters. The summed E-state index contributed by atoms with van der Waals surface area (Å²) >= 11 is 0. The van der Waals surface area contributed by atoms with Gasteiger partial charge in [0, 0.05) is 32.5 Å². The Hall–Kier alpha value is -3.44. The summed E-state index contributed by atoms with van der Waals surface area (Å²) < 4.78 is 22.0. The average molecular weight is 487 g/mol. The van der Waals surface area contributed by atoms with Crippen molar-refractivity contribution in [2.75, 3.05) is 39.2 Å². The lowest BCUT2D eigenvalue weighted by atomic mass is 9.94. The molecule has 2 aliphatic rings. The molecule has 4 rings (SSSR count). The van der Waals surface area contributed by atoms with Crippen molar-refractivity contribution < 1.29 is 33.1 Å². The molecule has 11 nitrogen and oxygen atoms in total. The van der Waals surface area contributed by atoms with Crippen LogP contribution >= 0.6 is 0 Å². The highest BCUT2D eigenvalue weighted by Crippen LogP contribution is 2.32. The zero-order valence-electron chi connectivity index (χ0n) is 20.0. The number of nitrogens with one attached hydrogen (secondary N) is 2. The number of ether oxygens (including phenoxy) is 3. The lowest BCUT2D eigenvalue weighted by Gasteiger charge is -2.42. The molecule has 3 amide bonds. The van der Waals surface area contributed by atoms with Gasteiger partial charge in [0.05, 0.1) is 30.7 Å². The summed E-state index contributed by atoms with van der Waals surface area (Å²) in [6.07, 6.45) is 0.968. The monoisotopic (exact) mass is 486 g/mol. The molecule has 188 valence electrons. The molecule has 0 radical (unpaired) electrons. The Bertz CT molecular complexity index is 1090. The van der Waals surface area contributed by atoms with Crippen LogP contribution in [-0.4, -0.2) is 79.9 Å².